The molecular formula is C28H58O. The second-order valence-corrected chi connectivity index (χ2v) is 8.68. The van der Waals surface area contributed by atoms with Crippen molar-refractivity contribution in [3.63, 3.8) is 0 Å². The normalized spacial score (nSPS) is 10.7. The Morgan fingerprint density at radius 2 is 0.552 bits per heavy atom. The summed E-state index contributed by atoms with van der Waals surface area (Å²) in [7, 11) is 0. The maximum absolute atomic E-state index is 5.76. The fraction of sp³-hybridized carbons (Fsp3) is 0.929. The molecule has 29 heavy (non-hydrogen) atoms. The van der Waals surface area contributed by atoms with E-state index in [2.05, 4.69) is 27.0 Å². The lowest BCUT2D eigenvalue weighted by molar-refractivity contribution is 0.125. The van der Waals surface area contributed by atoms with Gasteiger partial charge in [-0.1, -0.05) is 142 Å². The van der Waals surface area contributed by atoms with E-state index >= 15 is 0 Å². The summed E-state index contributed by atoms with van der Waals surface area (Å²) in [6, 6.07) is 0. The SMILES string of the molecule is C=C.CCCCCCCCCCCCCCCCCCOCCCCCCCC. The third-order valence-electron chi connectivity index (χ3n) is 5.78. The van der Waals surface area contributed by atoms with Crippen LogP contribution in [0.3, 0.4) is 0 Å². The standard InChI is InChI=1S/C26H54O.C2H4/c1-3-5-7-9-11-12-13-14-15-16-17-18-19-20-22-24-26-27-25-23-21-10-8-6-4-2;1-2/h3-26H2,1-2H3;1-2H2. The Morgan fingerprint density at radius 3 is 0.793 bits per heavy atom. The molecular weight excluding hydrogens is 352 g/mol. The number of ether oxygens (including phenoxy) is 1. The van der Waals surface area contributed by atoms with Crippen LogP contribution in [0.5, 0.6) is 0 Å². The van der Waals surface area contributed by atoms with E-state index in [0.717, 1.165) is 13.2 Å². The van der Waals surface area contributed by atoms with Gasteiger partial charge in [-0.2, -0.15) is 0 Å². The summed E-state index contributed by atoms with van der Waals surface area (Å²) >= 11 is 0. The first-order valence-corrected chi connectivity index (χ1v) is 13.5. The minimum atomic E-state index is 0.991. The van der Waals surface area contributed by atoms with Crippen molar-refractivity contribution in [1.82, 2.24) is 0 Å². The smallest absolute Gasteiger partial charge is 0.0466 e. The van der Waals surface area contributed by atoms with E-state index < -0.39 is 0 Å². The van der Waals surface area contributed by atoms with Crippen LogP contribution in [0.25, 0.3) is 0 Å². The number of rotatable bonds is 24. The number of unbranched alkanes of at least 4 members (excludes halogenated alkanes) is 20. The van der Waals surface area contributed by atoms with Crippen LogP contribution in [0.2, 0.25) is 0 Å². The maximum Gasteiger partial charge on any atom is 0.0466 e. The molecule has 1 nitrogen and oxygen atoms in total. The highest BCUT2D eigenvalue weighted by molar-refractivity contribution is 4.50. The Balaban J connectivity index is 0. The molecule has 0 radical (unpaired) electrons. The first-order valence-electron chi connectivity index (χ1n) is 13.5. The average molecular weight is 411 g/mol. The van der Waals surface area contributed by atoms with Crippen molar-refractivity contribution < 1.29 is 4.74 Å². The molecule has 0 rings (SSSR count). The van der Waals surface area contributed by atoms with Crippen molar-refractivity contribution in [2.45, 2.75) is 155 Å². The molecule has 0 aliphatic heterocycles. The lowest BCUT2D eigenvalue weighted by Crippen LogP contribution is -1.97. The highest BCUT2D eigenvalue weighted by Gasteiger charge is 1.95. The topological polar surface area (TPSA) is 9.23 Å². The molecule has 176 valence electrons. The first kappa shape index (κ1) is 30.9. The van der Waals surface area contributed by atoms with Gasteiger partial charge < -0.3 is 4.74 Å². The van der Waals surface area contributed by atoms with E-state index in [1.807, 2.05) is 0 Å². The van der Waals surface area contributed by atoms with Gasteiger partial charge in [-0.3, -0.25) is 0 Å². The fourth-order valence-corrected chi connectivity index (χ4v) is 3.84. The van der Waals surface area contributed by atoms with Crippen LogP contribution in [0.15, 0.2) is 13.2 Å². The van der Waals surface area contributed by atoms with Gasteiger partial charge in [-0.05, 0) is 12.8 Å². The van der Waals surface area contributed by atoms with E-state index in [1.165, 1.54) is 141 Å². The zero-order valence-corrected chi connectivity index (χ0v) is 20.8. The third-order valence-corrected chi connectivity index (χ3v) is 5.78. The Bertz CT molecular complexity index is 227. The molecule has 0 fully saturated rings. The lowest BCUT2D eigenvalue weighted by Gasteiger charge is -2.05. The van der Waals surface area contributed by atoms with Crippen molar-refractivity contribution in [1.29, 1.82) is 0 Å². The molecule has 0 aliphatic rings. The third kappa shape index (κ3) is 32.6. The van der Waals surface area contributed by atoms with Gasteiger partial charge in [0.25, 0.3) is 0 Å². The Kier molecular flexibility index (Phi) is 34.5. The van der Waals surface area contributed by atoms with Crippen molar-refractivity contribution in [3.05, 3.63) is 13.2 Å². The zero-order chi connectivity index (χ0) is 21.7. The van der Waals surface area contributed by atoms with Crippen LogP contribution in [-0.2, 0) is 4.74 Å². The maximum atomic E-state index is 5.76. The molecule has 0 atom stereocenters. The van der Waals surface area contributed by atoms with Gasteiger partial charge in [0, 0.05) is 13.2 Å². The van der Waals surface area contributed by atoms with Crippen LogP contribution >= 0.6 is 0 Å². The molecule has 0 unspecified atom stereocenters. The molecule has 0 aliphatic carbocycles. The van der Waals surface area contributed by atoms with Gasteiger partial charge in [0.15, 0.2) is 0 Å². The summed E-state index contributed by atoms with van der Waals surface area (Å²) in [5, 5.41) is 0. The van der Waals surface area contributed by atoms with Crippen LogP contribution in [0.4, 0.5) is 0 Å². The highest BCUT2D eigenvalue weighted by atomic mass is 16.5. The average Bonchev–Trinajstić information content (AvgIpc) is 2.75. The number of hydrogen-bond donors (Lipinski definition) is 0. The lowest BCUT2D eigenvalue weighted by atomic mass is 10.0. The Labute approximate surface area is 186 Å². The predicted octanol–water partition coefficient (Wildman–Crippen LogP) is 10.4. The molecule has 0 bridgehead atoms. The van der Waals surface area contributed by atoms with Crippen molar-refractivity contribution in [2.24, 2.45) is 0 Å². The molecule has 0 aromatic carbocycles. The van der Waals surface area contributed by atoms with Crippen molar-refractivity contribution in [3.8, 4) is 0 Å². The molecule has 0 amide bonds. The van der Waals surface area contributed by atoms with E-state index in [9.17, 15) is 0 Å². The number of hydrogen-bond acceptors (Lipinski definition) is 1. The summed E-state index contributed by atoms with van der Waals surface area (Å²) in [5.41, 5.74) is 0. The highest BCUT2D eigenvalue weighted by Crippen LogP contribution is 2.13. The van der Waals surface area contributed by atoms with Crippen molar-refractivity contribution >= 4 is 0 Å². The molecule has 0 N–H and O–H groups in total. The molecule has 0 saturated heterocycles. The monoisotopic (exact) mass is 410 g/mol. The predicted molar refractivity (Wildman–Crippen MR) is 135 cm³/mol. The minimum absolute atomic E-state index is 0.991. The van der Waals surface area contributed by atoms with Crippen LogP contribution in [0.1, 0.15) is 155 Å². The van der Waals surface area contributed by atoms with Gasteiger partial charge in [0.1, 0.15) is 0 Å². The van der Waals surface area contributed by atoms with Crippen molar-refractivity contribution in [2.75, 3.05) is 13.2 Å². The molecule has 0 aromatic heterocycles. The summed E-state index contributed by atoms with van der Waals surface area (Å²) < 4.78 is 5.76. The Hall–Kier alpha value is -0.300. The quantitative estimate of drug-likeness (QED) is 0.113. The van der Waals surface area contributed by atoms with Gasteiger partial charge in [-0.15, -0.1) is 13.2 Å². The van der Waals surface area contributed by atoms with E-state index in [0.29, 0.717) is 0 Å². The molecule has 0 saturated carbocycles. The summed E-state index contributed by atoms with van der Waals surface area (Å²) in [6.07, 6.45) is 31.2. The largest absolute Gasteiger partial charge is 0.381 e. The first-order chi connectivity index (χ1) is 14.4. The van der Waals surface area contributed by atoms with Crippen LogP contribution in [-0.4, -0.2) is 13.2 Å². The fourth-order valence-electron chi connectivity index (χ4n) is 3.84. The molecule has 1 heteroatoms. The molecule has 0 heterocycles. The summed E-state index contributed by atoms with van der Waals surface area (Å²) in [6.45, 7) is 12.6. The zero-order valence-electron chi connectivity index (χ0n) is 20.8. The van der Waals surface area contributed by atoms with Gasteiger partial charge in [0.2, 0.25) is 0 Å². The molecule has 0 spiro atoms. The second kappa shape index (κ2) is 32.4. The van der Waals surface area contributed by atoms with E-state index in [1.54, 1.807) is 0 Å². The summed E-state index contributed by atoms with van der Waals surface area (Å²) in [4.78, 5) is 0. The van der Waals surface area contributed by atoms with E-state index in [-0.39, 0.29) is 0 Å². The van der Waals surface area contributed by atoms with Crippen LogP contribution < -0.4 is 0 Å². The van der Waals surface area contributed by atoms with Gasteiger partial charge in [-0.25, -0.2) is 0 Å². The van der Waals surface area contributed by atoms with E-state index in [4.69, 9.17) is 4.74 Å². The van der Waals surface area contributed by atoms with Gasteiger partial charge in [0.05, 0.1) is 0 Å². The summed E-state index contributed by atoms with van der Waals surface area (Å²) in [5.74, 6) is 0. The second-order valence-electron chi connectivity index (χ2n) is 8.68. The Morgan fingerprint density at radius 1 is 0.345 bits per heavy atom. The van der Waals surface area contributed by atoms with Crippen LogP contribution in [0, 0.1) is 0 Å². The minimum Gasteiger partial charge on any atom is -0.381 e. The molecule has 0 aromatic rings. The van der Waals surface area contributed by atoms with Gasteiger partial charge >= 0.3 is 0 Å².